The van der Waals surface area contributed by atoms with Gasteiger partial charge in [-0.15, -0.1) is 0 Å². The molecular weight excluding hydrogens is 338 g/mol. The summed E-state index contributed by atoms with van der Waals surface area (Å²) in [6.45, 7) is 2.68. The first-order valence-corrected chi connectivity index (χ1v) is 8.55. The summed E-state index contributed by atoms with van der Waals surface area (Å²) in [4.78, 5) is 12.2. The lowest BCUT2D eigenvalue weighted by Gasteiger charge is -2.12. The molecule has 0 saturated heterocycles. The molecule has 2 aromatic carbocycles. The van der Waals surface area contributed by atoms with E-state index in [1.54, 1.807) is 31.4 Å². The van der Waals surface area contributed by atoms with E-state index in [0.717, 1.165) is 24.2 Å². The molecule has 0 radical (unpaired) electrons. The summed E-state index contributed by atoms with van der Waals surface area (Å²) < 4.78 is 10.8. The quantitative estimate of drug-likeness (QED) is 0.522. The maximum absolute atomic E-state index is 12.2. The van der Waals surface area contributed by atoms with E-state index in [-0.39, 0.29) is 5.91 Å². The Morgan fingerprint density at radius 2 is 1.96 bits per heavy atom. The Morgan fingerprint density at radius 3 is 2.64 bits per heavy atom. The van der Waals surface area contributed by atoms with Crippen LogP contribution in [0.4, 0.5) is 5.69 Å². The minimum Gasteiger partial charge on any atom is -0.497 e. The van der Waals surface area contributed by atoms with Crippen LogP contribution in [0.25, 0.3) is 6.08 Å². The molecule has 0 heterocycles. The van der Waals surface area contributed by atoms with Gasteiger partial charge < -0.3 is 14.8 Å². The zero-order valence-corrected chi connectivity index (χ0v) is 15.2. The minimum atomic E-state index is -0.238. The van der Waals surface area contributed by atoms with Crippen molar-refractivity contribution in [1.29, 1.82) is 0 Å². The Labute approximate surface area is 153 Å². The van der Waals surface area contributed by atoms with E-state index in [9.17, 15) is 4.79 Å². The molecular formula is C20H22ClNO3. The standard InChI is InChI=1S/C20H22ClNO3/c1-3-4-13-25-19-14-16(21)8-11-18(19)22-20(23)12-7-15-5-9-17(24-2)10-6-15/h5-12,14H,3-4,13H2,1-2H3,(H,22,23)/b12-7+. The SMILES string of the molecule is CCCCOc1cc(Cl)ccc1NC(=O)/C=C/c1ccc(OC)cc1. The van der Waals surface area contributed by atoms with Gasteiger partial charge in [-0.25, -0.2) is 0 Å². The highest BCUT2D eigenvalue weighted by Crippen LogP contribution is 2.28. The molecule has 0 aliphatic rings. The third-order valence-electron chi connectivity index (χ3n) is 3.50. The van der Waals surface area contributed by atoms with Gasteiger partial charge in [0.25, 0.3) is 0 Å². The predicted molar refractivity (Wildman–Crippen MR) is 103 cm³/mol. The van der Waals surface area contributed by atoms with E-state index < -0.39 is 0 Å². The van der Waals surface area contributed by atoms with E-state index in [1.165, 1.54) is 6.08 Å². The molecule has 0 aromatic heterocycles. The second kappa shape index (κ2) is 9.74. The molecule has 25 heavy (non-hydrogen) atoms. The molecule has 0 saturated carbocycles. The van der Waals surface area contributed by atoms with Crippen LogP contribution in [0, 0.1) is 0 Å². The number of halogens is 1. The molecule has 5 heteroatoms. The fourth-order valence-corrected chi connectivity index (χ4v) is 2.27. The van der Waals surface area contributed by atoms with E-state index >= 15 is 0 Å². The molecule has 2 rings (SSSR count). The van der Waals surface area contributed by atoms with Crippen LogP contribution in [0.5, 0.6) is 11.5 Å². The number of nitrogens with one attached hydrogen (secondary N) is 1. The van der Waals surface area contributed by atoms with Crippen LogP contribution in [0.1, 0.15) is 25.3 Å². The molecule has 1 N–H and O–H groups in total. The van der Waals surface area contributed by atoms with Gasteiger partial charge in [-0.3, -0.25) is 4.79 Å². The van der Waals surface area contributed by atoms with Gasteiger partial charge in [-0.2, -0.15) is 0 Å². The Hall–Kier alpha value is -2.46. The smallest absolute Gasteiger partial charge is 0.248 e. The fraction of sp³-hybridized carbons (Fsp3) is 0.250. The molecule has 0 unspecified atom stereocenters. The molecule has 132 valence electrons. The lowest BCUT2D eigenvalue weighted by Crippen LogP contribution is -2.10. The maximum Gasteiger partial charge on any atom is 0.248 e. The number of carbonyl (C=O) groups is 1. The van der Waals surface area contributed by atoms with E-state index in [1.807, 2.05) is 24.3 Å². The second-order valence-electron chi connectivity index (χ2n) is 5.44. The largest absolute Gasteiger partial charge is 0.497 e. The summed E-state index contributed by atoms with van der Waals surface area (Å²) in [7, 11) is 1.62. The second-order valence-corrected chi connectivity index (χ2v) is 5.87. The van der Waals surface area contributed by atoms with Crippen molar-refractivity contribution < 1.29 is 14.3 Å². The van der Waals surface area contributed by atoms with Crippen LogP contribution in [-0.2, 0) is 4.79 Å². The molecule has 0 aliphatic heterocycles. The van der Waals surface area contributed by atoms with Crippen molar-refractivity contribution in [3.05, 3.63) is 59.1 Å². The number of ether oxygens (including phenoxy) is 2. The van der Waals surface area contributed by atoms with Crippen LogP contribution in [0.2, 0.25) is 5.02 Å². The number of unbranched alkanes of at least 4 members (excludes halogenated alkanes) is 1. The van der Waals surface area contributed by atoms with Crippen molar-refractivity contribution in [2.75, 3.05) is 19.0 Å². The number of rotatable bonds is 8. The van der Waals surface area contributed by atoms with Gasteiger partial charge in [0, 0.05) is 17.2 Å². The monoisotopic (exact) mass is 359 g/mol. The average molecular weight is 360 g/mol. The Morgan fingerprint density at radius 1 is 1.20 bits per heavy atom. The number of benzene rings is 2. The third-order valence-corrected chi connectivity index (χ3v) is 3.74. The molecule has 1 amide bonds. The maximum atomic E-state index is 12.2. The van der Waals surface area contributed by atoms with Gasteiger partial charge in [0.2, 0.25) is 5.91 Å². The zero-order chi connectivity index (χ0) is 18.1. The molecule has 0 bridgehead atoms. The number of amides is 1. The summed E-state index contributed by atoms with van der Waals surface area (Å²) in [5, 5.41) is 3.39. The fourth-order valence-electron chi connectivity index (χ4n) is 2.11. The Balaban J connectivity index is 2.02. The van der Waals surface area contributed by atoms with Crippen molar-refractivity contribution in [2.24, 2.45) is 0 Å². The Kier molecular flexibility index (Phi) is 7.36. The molecule has 2 aromatic rings. The van der Waals surface area contributed by atoms with Crippen molar-refractivity contribution >= 4 is 29.3 Å². The number of hydrogen-bond acceptors (Lipinski definition) is 3. The van der Waals surface area contributed by atoms with Crippen LogP contribution < -0.4 is 14.8 Å². The van der Waals surface area contributed by atoms with Gasteiger partial charge in [0.15, 0.2) is 0 Å². The van der Waals surface area contributed by atoms with Crippen LogP contribution in [0.3, 0.4) is 0 Å². The number of hydrogen-bond donors (Lipinski definition) is 1. The molecule has 4 nitrogen and oxygen atoms in total. The first-order valence-electron chi connectivity index (χ1n) is 8.18. The van der Waals surface area contributed by atoms with Gasteiger partial charge in [-0.1, -0.05) is 37.1 Å². The summed E-state index contributed by atoms with van der Waals surface area (Å²) in [6, 6.07) is 12.6. The van der Waals surface area contributed by atoms with Crippen molar-refractivity contribution in [3.8, 4) is 11.5 Å². The first kappa shape index (κ1) is 18.9. The zero-order valence-electron chi connectivity index (χ0n) is 14.4. The van der Waals surface area contributed by atoms with Gasteiger partial charge >= 0.3 is 0 Å². The van der Waals surface area contributed by atoms with E-state index in [0.29, 0.717) is 23.1 Å². The van der Waals surface area contributed by atoms with E-state index in [2.05, 4.69) is 12.2 Å². The number of methoxy groups -OCH3 is 1. The van der Waals surface area contributed by atoms with Gasteiger partial charge in [0.05, 0.1) is 19.4 Å². The highest BCUT2D eigenvalue weighted by Gasteiger charge is 2.07. The van der Waals surface area contributed by atoms with E-state index in [4.69, 9.17) is 21.1 Å². The van der Waals surface area contributed by atoms with Crippen molar-refractivity contribution in [1.82, 2.24) is 0 Å². The summed E-state index contributed by atoms with van der Waals surface area (Å²) >= 11 is 6.02. The highest BCUT2D eigenvalue weighted by atomic mass is 35.5. The third kappa shape index (κ3) is 6.16. The minimum absolute atomic E-state index is 0.238. The highest BCUT2D eigenvalue weighted by molar-refractivity contribution is 6.30. The lowest BCUT2D eigenvalue weighted by atomic mass is 10.2. The van der Waals surface area contributed by atoms with Crippen molar-refractivity contribution in [2.45, 2.75) is 19.8 Å². The lowest BCUT2D eigenvalue weighted by molar-refractivity contribution is -0.111. The summed E-state index contributed by atoms with van der Waals surface area (Å²) in [6.07, 6.45) is 5.19. The van der Waals surface area contributed by atoms with Crippen molar-refractivity contribution in [3.63, 3.8) is 0 Å². The van der Waals surface area contributed by atoms with Gasteiger partial charge in [-0.05, 0) is 42.3 Å². The average Bonchev–Trinajstić information content (AvgIpc) is 2.63. The molecule has 0 fully saturated rings. The molecule has 0 spiro atoms. The van der Waals surface area contributed by atoms with Gasteiger partial charge in [0.1, 0.15) is 11.5 Å². The summed E-state index contributed by atoms with van der Waals surface area (Å²) in [5.74, 6) is 1.11. The predicted octanol–water partition coefficient (Wildman–Crippen LogP) is 5.18. The molecule has 0 aliphatic carbocycles. The number of carbonyl (C=O) groups excluding carboxylic acids is 1. The molecule has 0 atom stereocenters. The normalized spacial score (nSPS) is 10.7. The van der Waals surface area contributed by atoms with Crippen LogP contribution >= 0.6 is 11.6 Å². The van der Waals surface area contributed by atoms with Crippen LogP contribution in [0.15, 0.2) is 48.5 Å². The number of anilines is 1. The first-order chi connectivity index (χ1) is 12.1. The summed E-state index contributed by atoms with van der Waals surface area (Å²) in [5.41, 5.74) is 1.51. The topological polar surface area (TPSA) is 47.6 Å². The Bertz CT molecular complexity index is 726. The van der Waals surface area contributed by atoms with Crippen LogP contribution in [-0.4, -0.2) is 19.6 Å².